The van der Waals surface area contributed by atoms with E-state index in [0.29, 0.717) is 5.57 Å². The van der Waals surface area contributed by atoms with Crippen LogP contribution in [0.25, 0.3) is 0 Å². The summed E-state index contributed by atoms with van der Waals surface area (Å²) in [4.78, 5) is 13.0. The third-order valence-corrected chi connectivity index (χ3v) is 2.68. The second kappa shape index (κ2) is 4.53. The number of thiol groups is 1. The summed E-state index contributed by atoms with van der Waals surface area (Å²) in [6.07, 6.45) is 0. The zero-order valence-electron chi connectivity index (χ0n) is 7.28. The first-order chi connectivity index (χ1) is 6.09. The quantitative estimate of drug-likeness (QED) is 0.459. The molecule has 0 aliphatic carbocycles. The molecule has 0 radical (unpaired) electrons. The summed E-state index contributed by atoms with van der Waals surface area (Å²) in [5.41, 5.74) is 0.564. The van der Waals surface area contributed by atoms with E-state index in [0.717, 1.165) is 9.79 Å². The highest BCUT2D eigenvalue weighted by atomic mass is 32.2. The smallest absolute Gasteiger partial charge is 0.219 e. The van der Waals surface area contributed by atoms with E-state index in [4.69, 9.17) is 0 Å². The summed E-state index contributed by atoms with van der Waals surface area (Å²) in [5.74, 6) is 0. The van der Waals surface area contributed by atoms with Gasteiger partial charge in [-0.15, -0.1) is 12.6 Å². The molecule has 1 aromatic carbocycles. The van der Waals surface area contributed by atoms with Gasteiger partial charge in [-0.2, -0.15) is 0 Å². The molecular weight excluding hydrogens is 200 g/mol. The summed E-state index contributed by atoms with van der Waals surface area (Å²) in [5, 5.41) is -0.000988. The van der Waals surface area contributed by atoms with Gasteiger partial charge in [-0.1, -0.05) is 12.6 Å². The maximum Gasteiger partial charge on any atom is 0.219 e. The van der Waals surface area contributed by atoms with E-state index in [1.54, 1.807) is 6.92 Å². The van der Waals surface area contributed by atoms with Gasteiger partial charge in [-0.05, 0) is 42.5 Å². The maximum absolute atomic E-state index is 11.3. The molecule has 0 aliphatic heterocycles. The zero-order chi connectivity index (χ0) is 9.84. The number of benzene rings is 1. The molecule has 0 amide bonds. The number of carbonyl (C=O) groups excluding carboxylic acids is 1. The Bertz CT molecular complexity index is 345. The topological polar surface area (TPSA) is 17.1 Å². The Morgan fingerprint density at radius 3 is 2.77 bits per heavy atom. The van der Waals surface area contributed by atoms with Crippen molar-refractivity contribution < 1.29 is 4.79 Å². The van der Waals surface area contributed by atoms with Crippen molar-refractivity contribution in [2.24, 2.45) is 0 Å². The second-order valence-corrected chi connectivity index (χ2v) is 4.23. The van der Waals surface area contributed by atoms with Crippen molar-refractivity contribution in [1.82, 2.24) is 0 Å². The first-order valence-corrected chi connectivity index (χ1v) is 5.02. The molecule has 0 spiro atoms. The lowest BCUT2D eigenvalue weighted by atomic mass is 10.4. The van der Waals surface area contributed by atoms with Crippen LogP contribution in [0.3, 0.4) is 0 Å². The summed E-state index contributed by atoms with van der Waals surface area (Å²) in [6, 6.07) is 7.48. The molecule has 0 N–H and O–H groups in total. The van der Waals surface area contributed by atoms with Crippen molar-refractivity contribution in [3.63, 3.8) is 0 Å². The van der Waals surface area contributed by atoms with Crippen LogP contribution in [0.4, 0.5) is 0 Å². The van der Waals surface area contributed by atoms with Crippen LogP contribution in [0.1, 0.15) is 6.92 Å². The van der Waals surface area contributed by atoms with Crippen molar-refractivity contribution in [1.29, 1.82) is 0 Å². The van der Waals surface area contributed by atoms with E-state index in [1.807, 2.05) is 24.3 Å². The van der Waals surface area contributed by atoms with E-state index in [1.165, 1.54) is 11.8 Å². The molecule has 0 aliphatic rings. The lowest BCUT2D eigenvalue weighted by molar-refractivity contribution is -0.107. The molecule has 1 aromatic rings. The molecule has 0 saturated carbocycles. The molecule has 1 rings (SSSR count). The molecule has 1 nitrogen and oxygen atoms in total. The maximum atomic E-state index is 11.3. The van der Waals surface area contributed by atoms with Crippen molar-refractivity contribution >= 4 is 29.5 Å². The van der Waals surface area contributed by atoms with Gasteiger partial charge < -0.3 is 0 Å². The fourth-order valence-corrected chi connectivity index (χ4v) is 1.77. The van der Waals surface area contributed by atoms with Crippen LogP contribution in [-0.4, -0.2) is 5.12 Å². The standard InChI is InChI=1S/C10H10OS2/c1-7(2)10(11)13-9-5-3-4-8(12)6-9/h3-6,12H,1H2,2H3. The molecule has 0 bridgehead atoms. The molecule has 0 unspecified atom stereocenters. The van der Waals surface area contributed by atoms with E-state index in [2.05, 4.69) is 19.2 Å². The number of rotatable bonds is 2. The van der Waals surface area contributed by atoms with E-state index in [-0.39, 0.29) is 5.12 Å². The molecular formula is C10H10OS2. The summed E-state index contributed by atoms with van der Waals surface area (Å²) < 4.78 is 0. The van der Waals surface area contributed by atoms with Gasteiger partial charge in [0, 0.05) is 9.79 Å². The van der Waals surface area contributed by atoms with E-state index < -0.39 is 0 Å². The Kier molecular flexibility index (Phi) is 3.63. The fraction of sp³-hybridized carbons (Fsp3) is 0.100. The predicted molar refractivity (Wildman–Crippen MR) is 59.4 cm³/mol. The molecule has 0 atom stereocenters. The van der Waals surface area contributed by atoms with Crippen molar-refractivity contribution in [2.45, 2.75) is 16.7 Å². The van der Waals surface area contributed by atoms with Crippen LogP contribution < -0.4 is 0 Å². The van der Waals surface area contributed by atoms with Crippen LogP contribution in [0.5, 0.6) is 0 Å². The monoisotopic (exact) mass is 210 g/mol. The molecule has 0 fully saturated rings. The van der Waals surface area contributed by atoms with Crippen molar-refractivity contribution in [2.75, 3.05) is 0 Å². The summed E-state index contributed by atoms with van der Waals surface area (Å²) in [7, 11) is 0. The first-order valence-electron chi connectivity index (χ1n) is 3.76. The van der Waals surface area contributed by atoms with Gasteiger partial charge in [0.15, 0.2) is 0 Å². The Morgan fingerprint density at radius 1 is 1.54 bits per heavy atom. The number of thioether (sulfide) groups is 1. The second-order valence-electron chi connectivity index (χ2n) is 2.67. The fourth-order valence-electron chi connectivity index (χ4n) is 0.741. The highest BCUT2D eigenvalue weighted by molar-refractivity contribution is 8.14. The summed E-state index contributed by atoms with van der Waals surface area (Å²) >= 11 is 5.36. The number of hydrogen-bond donors (Lipinski definition) is 1. The predicted octanol–water partition coefficient (Wildman–Crippen LogP) is 3.17. The first kappa shape index (κ1) is 10.4. The minimum Gasteiger partial charge on any atom is -0.282 e. The minimum atomic E-state index is -0.000988. The van der Waals surface area contributed by atoms with Crippen molar-refractivity contribution in [3.8, 4) is 0 Å². The van der Waals surface area contributed by atoms with Crippen LogP contribution in [0.2, 0.25) is 0 Å². The molecule has 3 heteroatoms. The average Bonchev–Trinajstić information content (AvgIpc) is 2.04. The molecule has 13 heavy (non-hydrogen) atoms. The lowest BCUT2D eigenvalue weighted by Crippen LogP contribution is -1.90. The van der Waals surface area contributed by atoms with Gasteiger partial charge in [-0.25, -0.2) is 0 Å². The average molecular weight is 210 g/mol. The lowest BCUT2D eigenvalue weighted by Gasteiger charge is -1.99. The Hall–Kier alpha value is -0.670. The third kappa shape index (κ3) is 3.28. The van der Waals surface area contributed by atoms with Crippen LogP contribution in [0.15, 0.2) is 46.2 Å². The van der Waals surface area contributed by atoms with Gasteiger partial charge in [0.05, 0.1) is 0 Å². The highest BCUT2D eigenvalue weighted by Crippen LogP contribution is 2.23. The van der Waals surface area contributed by atoms with Gasteiger partial charge >= 0.3 is 0 Å². The van der Waals surface area contributed by atoms with Crippen LogP contribution in [0, 0.1) is 0 Å². The molecule has 0 aromatic heterocycles. The SMILES string of the molecule is C=C(C)C(=O)Sc1cccc(S)c1. The Labute approximate surface area is 87.6 Å². The normalized spacial score (nSPS) is 9.69. The van der Waals surface area contributed by atoms with Crippen LogP contribution in [-0.2, 0) is 4.79 Å². The minimum absolute atomic E-state index is 0.000988. The molecule has 0 heterocycles. The third-order valence-electron chi connectivity index (χ3n) is 1.38. The summed E-state index contributed by atoms with van der Waals surface area (Å²) in [6.45, 7) is 5.29. The Morgan fingerprint density at radius 2 is 2.23 bits per heavy atom. The highest BCUT2D eigenvalue weighted by Gasteiger charge is 2.04. The van der Waals surface area contributed by atoms with Gasteiger partial charge in [0.2, 0.25) is 5.12 Å². The van der Waals surface area contributed by atoms with Gasteiger partial charge in [0.25, 0.3) is 0 Å². The van der Waals surface area contributed by atoms with Crippen LogP contribution >= 0.6 is 24.4 Å². The number of carbonyl (C=O) groups is 1. The molecule has 0 saturated heterocycles. The van der Waals surface area contributed by atoms with Gasteiger partial charge in [-0.3, -0.25) is 4.79 Å². The van der Waals surface area contributed by atoms with E-state index >= 15 is 0 Å². The van der Waals surface area contributed by atoms with E-state index in [9.17, 15) is 4.79 Å². The van der Waals surface area contributed by atoms with Gasteiger partial charge in [0.1, 0.15) is 0 Å². The number of hydrogen-bond acceptors (Lipinski definition) is 3. The zero-order valence-corrected chi connectivity index (χ0v) is 8.99. The largest absolute Gasteiger partial charge is 0.282 e. The van der Waals surface area contributed by atoms with Crippen molar-refractivity contribution in [3.05, 3.63) is 36.4 Å². The molecule has 68 valence electrons. The Balaban J connectivity index is 2.75.